The maximum absolute atomic E-state index is 12.9. The van der Waals surface area contributed by atoms with Crippen LogP contribution in [0.2, 0.25) is 0 Å². The van der Waals surface area contributed by atoms with Crippen molar-refractivity contribution < 1.29 is 9.53 Å². The van der Waals surface area contributed by atoms with Crippen molar-refractivity contribution in [3.63, 3.8) is 0 Å². The zero-order valence-electron chi connectivity index (χ0n) is 16.6. The number of likely N-dealkylation sites (tertiary alicyclic amines) is 1. The Labute approximate surface area is 172 Å². The van der Waals surface area contributed by atoms with Crippen LogP contribution >= 0.6 is 11.7 Å². The summed E-state index contributed by atoms with van der Waals surface area (Å²) in [6.45, 7) is 4.71. The van der Waals surface area contributed by atoms with Gasteiger partial charge in [-0.1, -0.05) is 0 Å². The van der Waals surface area contributed by atoms with Crippen LogP contribution in [0.5, 0.6) is 0 Å². The lowest BCUT2D eigenvalue weighted by Gasteiger charge is -2.31. The SMILES string of the molecule is CCn1c(C2CCN(C(=O)c3ccc4nsnc4c3)CC2)nn(CCOC)c1=O. The monoisotopic (exact) mass is 416 g/mol. The number of hydrogen-bond donors (Lipinski definition) is 0. The van der Waals surface area contributed by atoms with Crippen LogP contribution in [0.1, 0.15) is 41.9 Å². The van der Waals surface area contributed by atoms with Gasteiger partial charge in [0.25, 0.3) is 5.91 Å². The number of rotatable bonds is 6. The third-order valence-electron chi connectivity index (χ3n) is 5.42. The van der Waals surface area contributed by atoms with Crippen molar-refractivity contribution in [2.24, 2.45) is 0 Å². The van der Waals surface area contributed by atoms with Crippen LogP contribution < -0.4 is 5.69 Å². The van der Waals surface area contributed by atoms with Crippen molar-refractivity contribution >= 4 is 28.7 Å². The van der Waals surface area contributed by atoms with E-state index in [1.807, 2.05) is 24.0 Å². The molecule has 1 saturated heterocycles. The van der Waals surface area contributed by atoms with E-state index in [-0.39, 0.29) is 17.5 Å². The van der Waals surface area contributed by atoms with E-state index in [0.717, 1.165) is 41.4 Å². The standard InChI is InChI=1S/C19H24N6O3S/c1-3-24-17(20-25(19(24)27)10-11-28-2)13-6-8-23(9-7-13)18(26)14-4-5-15-16(12-14)22-29-21-15/h4-5,12-13H,3,6-11H2,1-2H3. The summed E-state index contributed by atoms with van der Waals surface area (Å²) in [5.74, 6) is 0.994. The van der Waals surface area contributed by atoms with Gasteiger partial charge in [-0.05, 0) is 38.0 Å². The summed E-state index contributed by atoms with van der Waals surface area (Å²) in [7, 11) is 1.61. The fourth-order valence-electron chi connectivity index (χ4n) is 3.82. The molecule has 0 radical (unpaired) electrons. The second kappa shape index (κ2) is 8.42. The van der Waals surface area contributed by atoms with Crippen LogP contribution in [0.3, 0.4) is 0 Å². The number of ether oxygens (including phenoxy) is 1. The molecule has 9 nitrogen and oxygen atoms in total. The summed E-state index contributed by atoms with van der Waals surface area (Å²) in [6.07, 6.45) is 1.57. The van der Waals surface area contributed by atoms with Crippen LogP contribution in [0.4, 0.5) is 0 Å². The van der Waals surface area contributed by atoms with Gasteiger partial charge in [-0.15, -0.1) is 0 Å². The lowest BCUT2D eigenvalue weighted by atomic mass is 9.95. The predicted molar refractivity (Wildman–Crippen MR) is 109 cm³/mol. The zero-order chi connectivity index (χ0) is 20.4. The number of fused-ring (bicyclic) bond motifs is 1. The number of carbonyl (C=O) groups is 1. The van der Waals surface area contributed by atoms with Gasteiger partial charge in [0.2, 0.25) is 0 Å². The summed E-state index contributed by atoms with van der Waals surface area (Å²) in [5, 5.41) is 4.57. The first-order valence-corrected chi connectivity index (χ1v) is 10.5. The molecular formula is C19H24N6O3S. The largest absolute Gasteiger partial charge is 0.383 e. The highest BCUT2D eigenvalue weighted by Crippen LogP contribution is 2.27. The van der Waals surface area contributed by atoms with Crippen molar-refractivity contribution in [3.05, 3.63) is 40.1 Å². The van der Waals surface area contributed by atoms with E-state index >= 15 is 0 Å². The number of nitrogens with zero attached hydrogens (tertiary/aromatic N) is 6. The van der Waals surface area contributed by atoms with E-state index < -0.39 is 0 Å². The van der Waals surface area contributed by atoms with Crippen molar-refractivity contribution in [2.75, 3.05) is 26.8 Å². The Balaban J connectivity index is 1.46. The average Bonchev–Trinajstić information content (AvgIpc) is 3.35. The molecule has 2 aromatic heterocycles. The second-order valence-corrected chi connectivity index (χ2v) is 7.66. The molecule has 0 atom stereocenters. The van der Waals surface area contributed by atoms with E-state index in [1.54, 1.807) is 17.7 Å². The molecule has 0 spiro atoms. The minimum absolute atomic E-state index is 0.0110. The Morgan fingerprint density at radius 3 is 2.72 bits per heavy atom. The number of piperidine rings is 1. The van der Waals surface area contributed by atoms with Gasteiger partial charge in [0.15, 0.2) is 0 Å². The summed E-state index contributed by atoms with van der Waals surface area (Å²) in [6, 6.07) is 5.45. The van der Waals surface area contributed by atoms with Gasteiger partial charge in [-0.2, -0.15) is 13.8 Å². The molecule has 0 bridgehead atoms. The molecule has 1 amide bonds. The fraction of sp³-hybridized carbons (Fsp3) is 0.526. The van der Waals surface area contributed by atoms with Gasteiger partial charge in [-0.25, -0.2) is 9.48 Å². The van der Waals surface area contributed by atoms with E-state index in [1.165, 1.54) is 4.68 Å². The molecule has 4 rings (SSSR count). The van der Waals surface area contributed by atoms with Crippen LogP contribution in [-0.2, 0) is 17.8 Å². The summed E-state index contributed by atoms with van der Waals surface area (Å²) < 4.78 is 16.7. The smallest absolute Gasteiger partial charge is 0.345 e. The molecule has 0 saturated carbocycles. The number of aromatic nitrogens is 5. The Hall–Kier alpha value is -2.59. The van der Waals surface area contributed by atoms with Crippen molar-refractivity contribution in [1.82, 2.24) is 28.0 Å². The Kier molecular flexibility index (Phi) is 5.72. The second-order valence-electron chi connectivity index (χ2n) is 7.14. The van der Waals surface area contributed by atoms with E-state index in [0.29, 0.717) is 38.3 Å². The molecule has 154 valence electrons. The third-order valence-corrected chi connectivity index (χ3v) is 5.98. The number of benzene rings is 1. The number of methoxy groups -OCH3 is 1. The fourth-order valence-corrected chi connectivity index (χ4v) is 4.34. The Morgan fingerprint density at radius 1 is 1.24 bits per heavy atom. The van der Waals surface area contributed by atoms with E-state index in [9.17, 15) is 9.59 Å². The lowest BCUT2D eigenvalue weighted by molar-refractivity contribution is 0.0710. The highest BCUT2D eigenvalue weighted by molar-refractivity contribution is 7.00. The maximum Gasteiger partial charge on any atom is 0.345 e. The first-order chi connectivity index (χ1) is 14.1. The highest BCUT2D eigenvalue weighted by Gasteiger charge is 2.29. The zero-order valence-corrected chi connectivity index (χ0v) is 17.4. The van der Waals surface area contributed by atoms with E-state index in [2.05, 4.69) is 13.8 Å². The Bertz CT molecular complexity index is 1060. The van der Waals surface area contributed by atoms with Gasteiger partial charge in [-0.3, -0.25) is 9.36 Å². The van der Waals surface area contributed by atoms with Gasteiger partial charge >= 0.3 is 5.69 Å². The van der Waals surface area contributed by atoms with E-state index in [4.69, 9.17) is 4.74 Å². The molecule has 1 fully saturated rings. The molecule has 0 N–H and O–H groups in total. The lowest BCUT2D eigenvalue weighted by Crippen LogP contribution is -2.38. The van der Waals surface area contributed by atoms with Crippen LogP contribution in [0.15, 0.2) is 23.0 Å². The topological polar surface area (TPSA) is 95.1 Å². The van der Waals surface area contributed by atoms with Crippen molar-refractivity contribution in [3.8, 4) is 0 Å². The molecule has 1 aliphatic rings. The molecule has 1 aliphatic heterocycles. The Morgan fingerprint density at radius 2 is 2.00 bits per heavy atom. The molecule has 0 aliphatic carbocycles. The quantitative estimate of drug-likeness (QED) is 0.607. The number of hydrogen-bond acceptors (Lipinski definition) is 7. The van der Waals surface area contributed by atoms with Crippen LogP contribution in [0.25, 0.3) is 11.0 Å². The van der Waals surface area contributed by atoms with Crippen molar-refractivity contribution in [1.29, 1.82) is 0 Å². The molecule has 3 heterocycles. The molecule has 10 heteroatoms. The minimum Gasteiger partial charge on any atom is -0.383 e. The molecule has 3 aromatic rings. The molecule has 29 heavy (non-hydrogen) atoms. The first kappa shape index (κ1) is 19.7. The number of amides is 1. The average molecular weight is 417 g/mol. The summed E-state index contributed by atoms with van der Waals surface area (Å²) in [5.41, 5.74) is 2.11. The summed E-state index contributed by atoms with van der Waals surface area (Å²) >= 11 is 1.15. The van der Waals surface area contributed by atoms with Gasteiger partial charge < -0.3 is 9.64 Å². The van der Waals surface area contributed by atoms with Crippen molar-refractivity contribution in [2.45, 2.75) is 38.8 Å². The molecule has 0 unspecified atom stereocenters. The minimum atomic E-state index is -0.0942. The normalized spacial score (nSPS) is 15.3. The summed E-state index contributed by atoms with van der Waals surface area (Å²) in [4.78, 5) is 27.3. The predicted octanol–water partition coefficient (Wildman–Crippen LogP) is 1.74. The van der Waals surface area contributed by atoms with Gasteiger partial charge in [0.05, 0.1) is 24.9 Å². The third kappa shape index (κ3) is 3.82. The van der Waals surface area contributed by atoms with Gasteiger partial charge in [0, 0.05) is 38.2 Å². The maximum atomic E-state index is 12.9. The van der Waals surface area contributed by atoms with Crippen LogP contribution in [0, 0.1) is 0 Å². The van der Waals surface area contributed by atoms with Crippen LogP contribution in [-0.4, -0.2) is 60.7 Å². The molecular weight excluding hydrogens is 392 g/mol. The van der Waals surface area contributed by atoms with Gasteiger partial charge in [0.1, 0.15) is 16.9 Å². The molecule has 1 aromatic carbocycles. The number of carbonyl (C=O) groups excluding carboxylic acids is 1. The highest BCUT2D eigenvalue weighted by atomic mass is 32.1. The first-order valence-electron chi connectivity index (χ1n) is 9.80.